The molecule has 1 aliphatic heterocycles. The summed E-state index contributed by atoms with van der Waals surface area (Å²) in [5, 5.41) is 7.50. The molecule has 1 aliphatic rings. The maximum Gasteiger partial charge on any atom is 0.263 e. The highest BCUT2D eigenvalue weighted by Crippen LogP contribution is 2.29. The smallest absolute Gasteiger partial charge is 0.263 e. The van der Waals surface area contributed by atoms with E-state index in [2.05, 4.69) is 16.0 Å². The number of thiocarbonyl (C=S) groups is 1. The van der Waals surface area contributed by atoms with Gasteiger partial charge in [-0.2, -0.15) is 0 Å². The van der Waals surface area contributed by atoms with Gasteiger partial charge in [0, 0.05) is 5.69 Å². The molecule has 0 unspecified atom stereocenters. The minimum absolute atomic E-state index is 0.0326. The van der Waals surface area contributed by atoms with Crippen LogP contribution in [0.4, 0.5) is 5.69 Å². The molecular weight excluding hydrogens is 418 g/mol. The minimum Gasteiger partial charge on any atom is -0.490 e. The molecule has 0 bridgehead atoms. The molecule has 1 heterocycles. The molecule has 31 heavy (non-hydrogen) atoms. The zero-order valence-electron chi connectivity index (χ0n) is 17.0. The first-order chi connectivity index (χ1) is 14.9. The molecule has 0 saturated carbocycles. The van der Waals surface area contributed by atoms with Crippen LogP contribution in [0.15, 0.2) is 48.0 Å². The highest BCUT2D eigenvalue weighted by Gasteiger charge is 2.25. The van der Waals surface area contributed by atoms with Crippen LogP contribution in [0.5, 0.6) is 11.5 Å². The van der Waals surface area contributed by atoms with Gasteiger partial charge in [0.25, 0.3) is 17.7 Å². The van der Waals surface area contributed by atoms with Crippen LogP contribution >= 0.6 is 12.2 Å². The van der Waals surface area contributed by atoms with Crippen molar-refractivity contribution >= 4 is 46.8 Å². The number of aryl methyl sites for hydroxylation is 1. The van der Waals surface area contributed by atoms with Crippen LogP contribution in [0.1, 0.15) is 18.1 Å². The molecule has 9 heteroatoms. The van der Waals surface area contributed by atoms with Crippen molar-refractivity contribution in [3.05, 3.63) is 59.2 Å². The van der Waals surface area contributed by atoms with Crippen LogP contribution in [0.2, 0.25) is 0 Å². The van der Waals surface area contributed by atoms with Crippen LogP contribution in [0.3, 0.4) is 0 Å². The van der Waals surface area contributed by atoms with Crippen molar-refractivity contribution in [2.24, 2.45) is 0 Å². The summed E-state index contributed by atoms with van der Waals surface area (Å²) in [5.41, 5.74) is 2.18. The largest absolute Gasteiger partial charge is 0.490 e. The van der Waals surface area contributed by atoms with E-state index in [4.69, 9.17) is 21.7 Å². The van der Waals surface area contributed by atoms with Gasteiger partial charge in [-0.1, -0.05) is 18.2 Å². The van der Waals surface area contributed by atoms with Crippen molar-refractivity contribution in [2.45, 2.75) is 13.8 Å². The first-order valence-corrected chi connectivity index (χ1v) is 9.91. The van der Waals surface area contributed by atoms with Gasteiger partial charge in [-0.25, -0.2) is 0 Å². The summed E-state index contributed by atoms with van der Waals surface area (Å²) in [6, 6.07) is 12.3. The molecule has 1 fully saturated rings. The van der Waals surface area contributed by atoms with Crippen molar-refractivity contribution < 1.29 is 23.9 Å². The van der Waals surface area contributed by atoms with Crippen molar-refractivity contribution in [2.75, 3.05) is 18.5 Å². The summed E-state index contributed by atoms with van der Waals surface area (Å²) in [4.78, 5) is 36.2. The summed E-state index contributed by atoms with van der Waals surface area (Å²) in [6.07, 6.45) is 1.42. The first kappa shape index (κ1) is 22.0. The molecule has 0 spiro atoms. The fourth-order valence-corrected chi connectivity index (χ4v) is 3.02. The maximum atomic E-state index is 12.2. The maximum absolute atomic E-state index is 12.2. The normalized spacial score (nSPS) is 13.2. The second kappa shape index (κ2) is 9.86. The van der Waals surface area contributed by atoms with Crippen molar-refractivity contribution in [3.63, 3.8) is 0 Å². The number of carbonyl (C=O) groups excluding carboxylic acids is 3. The second-order valence-corrected chi connectivity index (χ2v) is 7.05. The standard InChI is InChI=1S/C22H21N3O5S/c1-3-29-18-11-14(10-16-20(27)24-22(31)25-21(16)28)7-8-17(18)30-12-19(26)23-15-6-4-5-13(2)9-15/h4-11H,3,12H2,1-2H3,(H,23,26)(H2,24,25,27,28,31). The fourth-order valence-electron chi connectivity index (χ4n) is 2.84. The zero-order chi connectivity index (χ0) is 22.4. The van der Waals surface area contributed by atoms with E-state index in [0.29, 0.717) is 29.4 Å². The highest BCUT2D eigenvalue weighted by molar-refractivity contribution is 7.80. The Balaban J connectivity index is 1.72. The molecule has 0 aromatic heterocycles. The number of hydrogen-bond acceptors (Lipinski definition) is 6. The number of carbonyl (C=O) groups is 3. The molecule has 2 aromatic rings. The van der Waals surface area contributed by atoms with Gasteiger partial charge in [0.15, 0.2) is 23.2 Å². The lowest BCUT2D eigenvalue weighted by molar-refractivity contribution is -0.123. The third kappa shape index (κ3) is 5.89. The monoisotopic (exact) mass is 439 g/mol. The Labute approximate surface area is 184 Å². The molecule has 3 rings (SSSR count). The molecule has 160 valence electrons. The minimum atomic E-state index is -0.583. The quantitative estimate of drug-likeness (QED) is 0.347. The molecular formula is C22H21N3O5S. The third-order valence-corrected chi connectivity index (χ3v) is 4.39. The average Bonchev–Trinajstić information content (AvgIpc) is 2.70. The summed E-state index contributed by atoms with van der Waals surface area (Å²) in [6.45, 7) is 3.90. The zero-order valence-corrected chi connectivity index (χ0v) is 17.8. The number of benzene rings is 2. The molecule has 3 N–H and O–H groups in total. The third-order valence-electron chi connectivity index (χ3n) is 4.18. The summed E-state index contributed by atoms with van der Waals surface area (Å²) in [7, 11) is 0. The average molecular weight is 439 g/mol. The number of ether oxygens (including phenoxy) is 2. The van der Waals surface area contributed by atoms with Crippen LogP contribution < -0.4 is 25.4 Å². The predicted molar refractivity (Wildman–Crippen MR) is 120 cm³/mol. The molecule has 0 aliphatic carbocycles. The van der Waals surface area contributed by atoms with Gasteiger partial charge in [0.05, 0.1) is 6.61 Å². The van der Waals surface area contributed by atoms with Crippen LogP contribution in [0.25, 0.3) is 6.08 Å². The van der Waals surface area contributed by atoms with E-state index in [-0.39, 0.29) is 23.2 Å². The summed E-state index contributed by atoms with van der Waals surface area (Å²) in [5.74, 6) is -0.736. The highest BCUT2D eigenvalue weighted by atomic mass is 32.1. The summed E-state index contributed by atoms with van der Waals surface area (Å²) < 4.78 is 11.2. The van der Waals surface area contributed by atoms with Gasteiger partial charge < -0.3 is 14.8 Å². The van der Waals surface area contributed by atoms with E-state index in [1.54, 1.807) is 24.3 Å². The lowest BCUT2D eigenvalue weighted by Crippen LogP contribution is -2.51. The number of anilines is 1. The molecule has 8 nitrogen and oxygen atoms in total. The van der Waals surface area contributed by atoms with Crippen LogP contribution in [0, 0.1) is 6.92 Å². The Hall–Kier alpha value is -3.72. The Morgan fingerprint density at radius 1 is 1.06 bits per heavy atom. The Morgan fingerprint density at radius 3 is 2.48 bits per heavy atom. The van der Waals surface area contributed by atoms with Crippen molar-refractivity contribution in [1.82, 2.24) is 10.6 Å². The number of amides is 3. The second-order valence-electron chi connectivity index (χ2n) is 6.64. The SMILES string of the molecule is CCOc1cc(C=C2C(=O)NC(=S)NC2=O)ccc1OCC(=O)Nc1cccc(C)c1. The Bertz CT molecular complexity index is 1060. The number of rotatable bonds is 7. The van der Waals surface area contributed by atoms with Gasteiger partial charge in [0.2, 0.25) is 0 Å². The predicted octanol–water partition coefficient (Wildman–Crippen LogP) is 2.33. The Kier molecular flexibility index (Phi) is 6.99. The molecule has 3 amide bonds. The van der Waals surface area contributed by atoms with E-state index in [1.165, 1.54) is 6.08 Å². The van der Waals surface area contributed by atoms with Gasteiger partial charge in [0.1, 0.15) is 5.57 Å². The van der Waals surface area contributed by atoms with E-state index >= 15 is 0 Å². The fraction of sp³-hybridized carbons (Fsp3) is 0.182. The summed E-state index contributed by atoms with van der Waals surface area (Å²) >= 11 is 4.79. The van der Waals surface area contributed by atoms with Crippen molar-refractivity contribution in [1.29, 1.82) is 0 Å². The lowest BCUT2D eigenvalue weighted by atomic mass is 10.1. The molecule has 1 saturated heterocycles. The van der Waals surface area contributed by atoms with Crippen LogP contribution in [-0.2, 0) is 14.4 Å². The van der Waals surface area contributed by atoms with Crippen LogP contribution in [-0.4, -0.2) is 36.0 Å². The Morgan fingerprint density at radius 2 is 1.81 bits per heavy atom. The first-order valence-electron chi connectivity index (χ1n) is 9.50. The van der Waals surface area contributed by atoms with E-state index in [9.17, 15) is 14.4 Å². The van der Waals surface area contributed by atoms with Gasteiger partial charge in [-0.05, 0) is 67.5 Å². The van der Waals surface area contributed by atoms with E-state index in [1.807, 2.05) is 32.0 Å². The van der Waals surface area contributed by atoms with E-state index in [0.717, 1.165) is 5.56 Å². The van der Waals surface area contributed by atoms with Gasteiger partial charge in [-0.3, -0.25) is 25.0 Å². The lowest BCUT2D eigenvalue weighted by Gasteiger charge is -2.17. The number of nitrogens with one attached hydrogen (secondary N) is 3. The topological polar surface area (TPSA) is 106 Å². The van der Waals surface area contributed by atoms with Gasteiger partial charge in [-0.15, -0.1) is 0 Å². The van der Waals surface area contributed by atoms with Crippen molar-refractivity contribution in [3.8, 4) is 11.5 Å². The molecule has 0 atom stereocenters. The van der Waals surface area contributed by atoms with E-state index < -0.39 is 11.8 Å². The molecule has 0 radical (unpaired) electrons. The molecule has 2 aromatic carbocycles. The van der Waals surface area contributed by atoms with Gasteiger partial charge >= 0.3 is 0 Å². The number of hydrogen-bond donors (Lipinski definition) is 3.